The normalized spacial score (nSPS) is 9.78. The Hall–Kier alpha value is -2.88. The van der Waals surface area contributed by atoms with Gasteiger partial charge in [0.25, 0.3) is 5.91 Å². The summed E-state index contributed by atoms with van der Waals surface area (Å²) in [6, 6.07) is 3.16. The Bertz CT molecular complexity index is 692. The second kappa shape index (κ2) is 4.55. The topological polar surface area (TPSA) is 104 Å². The summed E-state index contributed by atoms with van der Waals surface area (Å²) >= 11 is 0. The van der Waals surface area contributed by atoms with E-state index < -0.39 is 11.3 Å². The van der Waals surface area contributed by atoms with Gasteiger partial charge in [-0.05, 0) is 0 Å². The van der Waals surface area contributed by atoms with Gasteiger partial charge in [-0.2, -0.15) is 10.4 Å². The highest BCUT2D eigenvalue weighted by molar-refractivity contribution is 6.04. The third-order valence-electron chi connectivity index (χ3n) is 2.36. The maximum atomic E-state index is 11.9. The fourth-order valence-electron chi connectivity index (χ4n) is 1.44. The Balaban J connectivity index is 2.33. The Morgan fingerprint density at radius 1 is 1.61 bits per heavy atom. The van der Waals surface area contributed by atoms with Crippen molar-refractivity contribution >= 4 is 11.7 Å². The molecule has 0 spiro atoms. The van der Waals surface area contributed by atoms with E-state index in [2.05, 4.69) is 15.4 Å². The lowest BCUT2D eigenvalue weighted by atomic mass is 10.2. The lowest BCUT2D eigenvalue weighted by Crippen LogP contribution is -2.22. The lowest BCUT2D eigenvalue weighted by molar-refractivity contribution is 0.102. The maximum absolute atomic E-state index is 11.9. The van der Waals surface area contributed by atoms with Gasteiger partial charge in [0.15, 0.2) is 5.43 Å². The van der Waals surface area contributed by atoms with Gasteiger partial charge >= 0.3 is 0 Å². The number of nitriles is 1. The predicted octanol–water partition coefficient (Wildman–Crippen LogP) is 0.232. The zero-order valence-electron chi connectivity index (χ0n) is 9.47. The number of anilines is 1. The summed E-state index contributed by atoms with van der Waals surface area (Å²) in [5, 5.41) is 15.2. The third kappa shape index (κ3) is 1.99. The molecule has 7 heteroatoms. The van der Waals surface area contributed by atoms with Crippen LogP contribution in [0.1, 0.15) is 15.9 Å². The minimum absolute atomic E-state index is 0.0254. The number of rotatable bonds is 2. The van der Waals surface area contributed by atoms with Crippen molar-refractivity contribution < 1.29 is 4.79 Å². The summed E-state index contributed by atoms with van der Waals surface area (Å²) in [6.45, 7) is 0. The minimum Gasteiger partial charge on any atom is -0.367 e. The summed E-state index contributed by atoms with van der Waals surface area (Å²) in [7, 11) is 1.59. The van der Waals surface area contributed by atoms with Crippen molar-refractivity contribution in [1.82, 2.24) is 14.8 Å². The quantitative estimate of drug-likeness (QED) is 0.787. The average Bonchev–Trinajstić information content (AvgIpc) is 2.71. The van der Waals surface area contributed by atoms with Crippen molar-refractivity contribution in [3.63, 3.8) is 0 Å². The van der Waals surface area contributed by atoms with Crippen LogP contribution < -0.4 is 10.7 Å². The largest absolute Gasteiger partial charge is 0.367 e. The molecule has 2 heterocycles. The van der Waals surface area contributed by atoms with Gasteiger partial charge in [-0.15, -0.1) is 0 Å². The van der Waals surface area contributed by atoms with Crippen LogP contribution in [0.4, 0.5) is 5.82 Å². The van der Waals surface area contributed by atoms with E-state index in [9.17, 15) is 9.59 Å². The first-order valence-corrected chi connectivity index (χ1v) is 5.04. The van der Waals surface area contributed by atoms with E-state index in [4.69, 9.17) is 5.26 Å². The molecule has 90 valence electrons. The molecule has 0 aliphatic rings. The van der Waals surface area contributed by atoms with Crippen LogP contribution >= 0.6 is 0 Å². The highest BCUT2D eigenvalue weighted by atomic mass is 16.2. The molecule has 0 atom stereocenters. The van der Waals surface area contributed by atoms with E-state index in [1.54, 1.807) is 7.05 Å². The number of aryl methyl sites for hydroxylation is 1. The van der Waals surface area contributed by atoms with Gasteiger partial charge in [0.1, 0.15) is 23.0 Å². The minimum atomic E-state index is -0.586. The van der Waals surface area contributed by atoms with Gasteiger partial charge in [0.2, 0.25) is 0 Å². The van der Waals surface area contributed by atoms with Crippen LogP contribution in [0, 0.1) is 11.3 Å². The van der Waals surface area contributed by atoms with Crippen molar-refractivity contribution in [2.75, 3.05) is 5.32 Å². The highest BCUT2D eigenvalue weighted by Gasteiger charge is 2.14. The molecule has 0 radical (unpaired) electrons. The Morgan fingerprint density at radius 3 is 3.06 bits per heavy atom. The number of nitrogens with one attached hydrogen (secondary N) is 2. The molecule has 0 aliphatic heterocycles. The first-order chi connectivity index (χ1) is 8.63. The molecule has 0 aromatic carbocycles. The molecular weight excluding hydrogens is 234 g/mol. The molecule has 0 saturated heterocycles. The number of hydrogen-bond acceptors (Lipinski definition) is 4. The zero-order chi connectivity index (χ0) is 13.1. The van der Waals surface area contributed by atoms with Crippen molar-refractivity contribution in [1.29, 1.82) is 5.26 Å². The third-order valence-corrected chi connectivity index (χ3v) is 2.36. The van der Waals surface area contributed by atoms with Crippen LogP contribution in [0.5, 0.6) is 0 Å². The molecule has 2 rings (SSSR count). The average molecular weight is 243 g/mol. The standard InChI is InChI=1S/C11H9N5O2/c1-16-10(7(4-12)5-14-16)15-11(18)8-6-13-3-2-9(8)17/h2-3,5-6H,1H3,(H,13,17)(H,15,18). The molecule has 1 amide bonds. The molecule has 0 unspecified atom stereocenters. The number of aromatic nitrogens is 3. The van der Waals surface area contributed by atoms with Gasteiger partial charge in [0.05, 0.1) is 6.20 Å². The number of amides is 1. The van der Waals surface area contributed by atoms with Crippen LogP contribution in [-0.2, 0) is 7.05 Å². The molecule has 7 nitrogen and oxygen atoms in total. The van der Waals surface area contributed by atoms with Crippen LogP contribution in [0.3, 0.4) is 0 Å². The van der Waals surface area contributed by atoms with E-state index in [-0.39, 0.29) is 16.9 Å². The smallest absolute Gasteiger partial charge is 0.262 e. The van der Waals surface area contributed by atoms with Gasteiger partial charge in [0, 0.05) is 25.5 Å². The monoisotopic (exact) mass is 243 g/mol. The Labute approximate surface area is 102 Å². The summed E-state index contributed by atoms with van der Waals surface area (Å²) in [5.41, 5.74) is -0.187. The molecule has 18 heavy (non-hydrogen) atoms. The Kier molecular flexibility index (Phi) is 2.93. The summed E-state index contributed by atoms with van der Waals surface area (Å²) in [5.74, 6) is -0.331. The predicted molar refractivity (Wildman–Crippen MR) is 62.9 cm³/mol. The fraction of sp³-hybridized carbons (Fsp3) is 0.0909. The highest BCUT2D eigenvalue weighted by Crippen LogP contribution is 2.12. The lowest BCUT2D eigenvalue weighted by Gasteiger charge is -2.05. The number of aromatic amines is 1. The fourth-order valence-corrected chi connectivity index (χ4v) is 1.44. The molecule has 2 N–H and O–H groups in total. The van der Waals surface area contributed by atoms with Crippen LogP contribution in [0.2, 0.25) is 0 Å². The van der Waals surface area contributed by atoms with E-state index in [1.807, 2.05) is 6.07 Å². The second-order valence-electron chi connectivity index (χ2n) is 3.52. The number of carbonyl (C=O) groups excluding carboxylic acids is 1. The SMILES string of the molecule is Cn1ncc(C#N)c1NC(=O)c1c[nH]ccc1=O. The summed E-state index contributed by atoms with van der Waals surface area (Å²) in [6.07, 6.45) is 4.08. The van der Waals surface area contributed by atoms with E-state index in [0.717, 1.165) is 0 Å². The number of nitrogens with zero attached hydrogens (tertiary/aromatic N) is 3. The van der Waals surface area contributed by atoms with Crippen molar-refractivity contribution in [2.45, 2.75) is 0 Å². The molecule has 0 bridgehead atoms. The number of carbonyl (C=O) groups is 1. The van der Waals surface area contributed by atoms with Crippen LogP contribution in [-0.4, -0.2) is 20.7 Å². The van der Waals surface area contributed by atoms with E-state index in [0.29, 0.717) is 0 Å². The van der Waals surface area contributed by atoms with Crippen molar-refractivity contribution in [2.24, 2.45) is 7.05 Å². The van der Waals surface area contributed by atoms with Gasteiger partial charge in [-0.1, -0.05) is 0 Å². The van der Waals surface area contributed by atoms with Crippen LogP contribution in [0.25, 0.3) is 0 Å². The van der Waals surface area contributed by atoms with Crippen LogP contribution in [0.15, 0.2) is 29.5 Å². The first kappa shape index (κ1) is 11.6. The second-order valence-corrected chi connectivity index (χ2v) is 3.52. The van der Waals surface area contributed by atoms with Crippen molar-refractivity contribution in [3.8, 4) is 6.07 Å². The number of hydrogen-bond donors (Lipinski definition) is 2. The molecule has 0 fully saturated rings. The molecule has 0 aliphatic carbocycles. The Morgan fingerprint density at radius 2 is 2.39 bits per heavy atom. The molecule has 0 saturated carbocycles. The van der Waals surface area contributed by atoms with Gasteiger partial charge < -0.3 is 10.3 Å². The van der Waals surface area contributed by atoms with Gasteiger partial charge in [-0.25, -0.2) is 0 Å². The molecule has 2 aromatic heterocycles. The van der Waals surface area contributed by atoms with Crippen molar-refractivity contribution in [3.05, 3.63) is 46.0 Å². The zero-order valence-corrected chi connectivity index (χ0v) is 9.47. The van der Waals surface area contributed by atoms with E-state index in [1.165, 1.54) is 29.3 Å². The number of H-pyrrole nitrogens is 1. The van der Waals surface area contributed by atoms with Gasteiger partial charge in [-0.3, -0.25) is 14.3 Å². The first-order valence-electron chi connectivity index (χ1n) is 5.04. The maximum Gasteiger partial charge on any atom is 0.262 e. The summed E-state index contributed by atoms with van der Waals surface area (Å²) in [4.78, 5) is 26.0. The molecule has 2 aromatic rings. The molecular formula is C11H9N5O2. The summed E-state index contributed by atoms with van der Waals surface area (Å²) < 4.78 is 1.35. The van der Waals surface area contributed by atoms with E-state index >= 15 is 0 Å². The number of pyridine rings is 1.